The Balaban J connectivity index is 1.55. The molecule has 7 nitrogen and oxygen atoms in total. The zero-order chi connectivity index (χ0) is 23.0. The number of nitrogens with zero attached hydrogens (tertiary/aromatic N) is 6. The summed E-state index contributed by atoms with van der Waals surface area (Å²) in [6.45, 7) is 1.86. The van der Waals surface area contributed by atoms with Crippen LogP contribution in [-0.4, -0.2) is 37.5 Å². The molecule has 33 heavy (non-hydrogen) atoms. The van der Waals surface area contributed by atoms with Crippen LogP contribution in [0, 0.1) is 11.3 Å². The van der Waals surface area contributed by atoms with Crippen LogP contribution in [0.15, 0.2) is 59.0 Å². The summed E-state index contributed by atoms with van der Waals surface area (Å²) >= 11 is 1.06. The van der Waals surface area contributed by atoms with Gasteiger partial charge in [-0.05, 0) is 37.6 Å². The van der Waals surface area contributed by atoms with E-state index in [1.54, 1.807) is 16.9 Å². The lowest BCUT2D eigenvalue weighted by Gasteiger charge is -2.22. The summed E-state index contributed by atoms with van der Waals surface area (Å²) < 4.78 is 42.9. The van der Waals surface area contributed by atoms with Crippen LogP contribution in [0.4, 0.5) is 13.2 Å². The van der Waals surface area contributed by atoms with Gasteiger partial charge in [0.1, 0.15) is 16.8 Å². The number of piperidine rings is 1. The number of alkyl halides is 3. The van der Waals surface area contributed by atoms with Gasteiger partial charge < -0.3 is 5.32 Å². The number of rotatable bonds is 4. The van der Waals surface area contributed by atoms with Gasteiger partial charge in [-0.15, -0.1) is 0 Å². The summed E-state index contributed by atoms with van der Waals surface area (Å²) in [6, 6.07) is 7.98. The van der Waals surface area contributed by atoms with Gasteiger partial charge in [0.2, 0.25) is 0 Å². The molecule has 0 unspecified atom stereocenters. The van der Waals surface area contributed by atoms with Crippen LogP contribution >= 0.6 is 11.8 Å². The summed E-state index contributed by atoms with van der Waals surface area (Å²) in [6.07, 6.45) is 4.55. The second-order valence-electron chi connectivity index (χ2n) is 7.73. The molecule has 0 aromatic carbocycles. The third-order valence-electron chi connectivity index (χ3n) is 5.51. The maximum absolute atomic E-state index is 13.1. The predicted molar refractivity (Wildman–Crippen MR) is 116 cm³/mol. The van der Waals surface area contributed by atoms with Crippen molar-refractivity contribution in [1.82, 2.24) is 29.7 Å². The molecule has 0 aliphatic carbocycles. The number of nitrogens with one attached hydrogen (secondary N) is 1. The molecule has 0 radical (unpaired) electrons. The second kappa shape index (κ2) is 8.53. The van der Waals surface area contributed by atoms with Crippen LogP contribution in [0.2, 0.25) is 0 Å². The quantitative estimate of drug-likeness (QED) is 0.472. The van der Waals surface area contributed by atoms with E-state index in [9.17, 15) is 18.4 Å². The summed E-state index contributed by atoms with van der Waals surface area (Å²) in [5.74, 6) is 0. The summed E-state index contributed by atoms with van der Waals surface area (Å²) in [7, 11) is 0. The Hall–Kier alpha value is -3.36. The molecule has 11 heteroatoms. The number of nitriles is 1. The first-order valence-corrected chi connectivity index (χ1v) is 11.1. The van der Waals surface area contributed by atoms with E-state index in [4.69, 9.17) is 0 Å². The first-order chi connectivity index (χ1) is 15.9. The Labute approximate surface area is 191 Å². The van der Waals surface area contributed by atoms with E-state index in [1.165, 1.54) is 18.3 Å². The van der Waals surface area contributed by atoms with Crippen molar-refractivity contribution in [3.05, 3.63) is 60.3 Å². The summed E-state index contributed by atoms with van der Waals surface area (Å²) in [5.41, 5.74) is 1.54. The van der Waals surface area contributed by atoms with Crippen molar-refractivity contribution >= 4 is 17.3 Å². The maximum atomic E-state index is 13.1. The van der Waals surface area contributed by atoms with E-state index < -0.39 is 11.9 Å². The van der Waals surface area contributed by atoms with E-state index in [1.807, 2.05) is 16.9 Å². The highest BCUT2D eigenvalue weighted by Crippen LogP contribution is 2.36. The van der Waals surface area contributed by atoms with Crippen molar-refractivity contribution in [1.29, 1.82) is 5.26 Å². The molecule has 1 N–H and O–H groups in total. The van der Waals surface area contributed by atoms with Crippen molar-refractivity contribution in [3.63, 3.8) is 0 Å². The average molecular weight is 469 g/mol. The summed E-state index contributed by atoms with van der Waals surface area (Å²) in [5, 5.41) is 21.8. The maximum Gasteiger partial charge on any atom is 0.433 e. The highest BCUT2D eigenvalue weighted by molar-refractivity contribution is 7.99. The topological polar surface area (TPSA) is 83.8 Å². The minimum Gasteiger partial charge on any atom is -0.315 e. The standard InChI is InChI=1S/C22H18F3N7S/c23-22(24,25)19-4-1-5-20(30-19)33-18-7-14(12-32-21(18)15(8-26)9-29-32)16-10-28-31(13-16)17-3-2-6-27-11-17/h1,4-5,7,9-10,12-13,17,27H,2-3,6,11H2/t17-/m0/s1. The van der Waals surface area contributed by atoms with Crippen LogP contribution in [0.5, 0.6) is 0 Å². The van der Waals surface area contributed by atoms with Gasteiger partial charge in [-0.25, -0.2) is 9.50 Å². The van der Waals surface area contributed by atoms with Crippen molar-refractivity contribution in [2.24, 2.45) is 0 Å². The van der Waals surface area contributed by atoms with Gasteiger partial charge in [0.25, 0.3) is 0 Å². The van der Waals surface area contributed by atoms with Gasteiger partial charge in [0.05, 0.1) is 29.5 Å². The van der Waals surface area contributed by atoms with Crippen LogP contribution < -0.4 is 5.32 Å². The van der Waals surface area contributed by atoms with Gasteiger partial charge in [0, 0.05) is 35.0 Å². The molecule has 5 heterocycles. The zero-order valence-corrected chi connectivity index (χ0v) is 18.1. The average Bonchev–Trinajstić information content (AvgIpc) is 3.47. The molecule has 0 saturated carbocycles. The third kappa shape index (κ3) is 4.31. The minimum atomic E-state index is -4.54. The lowest BCUT2D eigenvalue weighted by Crippen LogP contribution is -2.31. The van der Waals surface area contributed by atoms with Crippen molar-refractivity contribution in [2.75, 3.05) is 13.1 Å². The first-order valence-electron chi connectivity index (χ1n) is 10.3. The SMILES string of the molecule is N#Cc1cnn2cc(-c3cnn([C@H]4CCCNC4)c3)cc(Sc3cccc(C(F)(F)F)n3)c12. The van der Waals surface area contributed by atoms with Gasteiger partial charge in [-0.1, -0.05) is 17.8 Å². The van der Waals surface area contributed by atoms with Crippen molar-refractivity contribution in [3.8, 4) is 17.2 Å². The lowest BCUT2D eigenvalue weighted by molar-refractivity contribution is -0.141. The zero-order valence-electron chi connectivity index (χ0n) is 17.3. The van der Waals surface area contributed by atoms with Crippen molar-refractivity contribution < 1.29 is 13.2 Å². The van der Waals surface area contributed by atoms with Gasteiger partial charge in [-0.3, -0.25) is 4.68 Å². The number of hydrogen-bond acceptors (Lipinski definition) is 6. The number of aromatic nitrogens is 5. The Bertz CT molecular complexity index is 1350. The number of halogens is 3. The highest BCUT2D eigenvalue weighted by Gasteiger charge is 2.32. The van der Waals surface area contributed by atoms with Crippen LogP contribution in [0.3, 0.4) is 0 Å². The molecule has 1 aliphatic heterocycles. The molecule has 4 aromatic heterocycles. The van der Waals surface area contributed by atoms with Crippen LogP contribution in [0.1, 0.15) is 30.1 Å². The fourth-order valence-corrected chi connectivity index (χ4v) is 4.89. The number of fused-ring (bicyclic) bond motifs is 1. The predicted octanol–water partition coefficient (Wildman–Crippen LogP) is 4.56. The largest absolute Gasteiger partial charge is 0.433 e. The molecule has 4 aromatic rings. The van der Waals surface area contributed by atoms with Crippen molar-refractivity contribution in [2.45, 2.75) is 35.0 Å². The molecular formula is C22H18F3N7S. The monoisotopic (exact) mass is 469 g/mol. The molecule has 1 atom stereocenters. The van der Waals surface area contributed by atoms with E-state index >= 15 is 0 Å². The second-order valence-corrected chi connectivity index (χ2v) is 8.79. The molecule has 1 aliphatic rings. The fraction of sp³-hybridized carbons (Fsp3) is 0.273. The van der Waals surface area contributed by atoms with Crippen LogP contribution in [-0.2, 0) is 6.18 Å². The third-order valence-corrected chi connectivity index (χ3v) is 6.47. The molecule has 1 fully saturated rings. The smallest absolute Gasteiger partial charge is 0.315 e. The molecular weight excluding hydrogens is 451 g/mol. The van der Waals surface area contributed by atoms with E-state index in [0.717, 1.165) is 54.9 Å². The Morgan fingerprint density at radius 2 is 2.03 bits per heavy atom. The van der Waals surface area contributed by atoms with Gasteiger partial charge >= 0.3 is 6.18 Å². The Morgan fingerprint density at radius 3 is 2.79 bits per heavy atom. The van der Waals surface area contributed by atoms with Gasteiger partial charge in [-0.2, -0.15) is 28.6 Å². The van der Waals surface area contributed by atoms with E-state index in [2.05, 4.69) is 26.6 Å². The normalized spacial score (nSPS) is 16.7. The van der Waals surface area contributed by atoms with Gasteiger partial charge in [0.15, 0.2) is 0 Å². The number of pyridine rings is 2. The van der Waals surface area contributed by atoms with E-state index in [-0.39, 0.29) is 11.1 Å². The van der Waals surface area contributed by atoms with Crippen LogP contribution in [0.25, 0.3) is 16.6 Å². The molecule has 0 spiro atoms. The molecule has 0 bridgehead atoms. The lowest BCUT2D eigenvalue weighted by atomic mass is 10.1. The molecule has 168 valence electrons. The first kappa shape index (κ1) is 21.5. The Kier molecular flexibility index (Phi) is 5.55. The summed E-state index contributed by atoms with van der Waals surface area (Å²) in [4.78, 5) is 4.34. The molecule has 1 saturated heterocycles. The molecule has 0 amide bonds. The fourth-order valence-electron chi connectivity index (χ4n) is 3.89. The van der Waals surface area contributed by atoms with E-state index in [0.29, 0.717) is 16.0 Å². The highest BCUT2D eigenvalue weighted by atomic mass is 32.2. The number of hydrogen-bond donors (Lipinski definition) is 1. The minimum absolute atomic E-state index is 0.179. The Morgan fingerprint density at radius 1 is 1.15 bits per heavy atom. The molecule has 5 rings (SSSR count).